The van der Waals surface area contributed by atoms with Crippen molar-refractivity contribution in [2.45, 2.75) is 43.4 Å². The molecule has 14 nitrogen and oxygen atoms in total. The highest BCUT2D eigenvalue weighted by Crippen LogP contribution is 2.38. The third-order valence-electron chi connectivity index (χ3n) is 6.11. The van der Waals surface area contributed by atoms with Gasteiger partial charge < -0.3 is 59.8 Å². The Bertz CT molecular complexity index is 1010. The first-order chi connectivity index (χ1) is 17.5. The minimum Gasteiger partial charge on any atom is -0.504 e. The number of carboxylic acid groups (broad SMARTS) is 1. The van der Waals surface area contributed by atoms with Crippen molar-refractivity contribution in [2.24, 2.45) is 11.8 Å². The molecule has 0 unspecified atom stereocenters. The summed E-state index contributed by atoms with van der Waals surface area (Å²) in [4.78, 5) is 24.1. The summed E-state index contributed by atoms with van der Waals surface area (Å²) in [5, 5.41) is 77.7. The quantitative estimate of drug-likeness (QED) is 0.108. The fourth-order valence-corrected chi connectivity index (χ4v) is 4.07. The minimum atomic E-state index is -1.73. The predicted molar refractivity (Wildman–Crippen MR) is 119 cm³/mol. The van der Waals surface area contributed by atoms with Crippen molar-refractivity contribution in [3.05, 3.63) is 42.2 Å². The van der Waals surface area contributed by atoms with Crippen molar-refractivity contribution >= 4 is 11.9 Å². The van der Waals surface area contributed by atoms with Crippen molar-refractivity contribution in [1.29, 1.82) is 0 Å². The average molecular weight is 528 g/mol. The predicted octanol–water partition coefficient (Wildman–Crippen LogP) is -1.09. The Morgan fingerprint density at radius 1 is 1.03 bits per heavy atom. The molecule has 8 atom stereocenters. The fourth-order valence-electron chi connectivity index (χ4n) is 4.07. The van der Waals surface area contributed by atoms with Gasteiger partial charge in [-0.25, -0.2) is 9.59 Å². The van der Waals surface area contributed by atoms with Gasteiger partial charge in [0.15, 0.2) is 23.5 Å². The van der Waals surface area contributed by atoms with Crippen molar-refractivity contribution in [3.8, 4) is 17.2 Å². The number of rotatable bonds is 9. The number of aliphatic hydroxyl groups excluding tert-OH is 4. The van der Waals surface area contributed by atoms with Crippen LogP contribution in [0.5, 0.6) is 17.2 Å². The molecule has 1 saturated heterocycles. The molecule has 0 spiro atoms. The number of phenolic OH excluding ortho intramolecular Hbond substituents is 3. The number of carbonyl (C=O) groups excluding carboxylic acids is 1. The summed E-state index contributed by atoms with van der Waals surface area (Å²) in [6.45, 7) is 2.66. The Morgan fingerprint density at radius 3 is 2.24 bits per heavy atom. The maximum absolute atomic E-state index is 12.3. The van der Waals surface area contributed by atoms with Gasteiger partial charge in [0, 0.05) is 11.8 Å². The lowest BCUT2D eigenvalue weighted by molar-refractivity contribution is -0.339. The number of phenols is 3. The highest BCUT2D eigenvalue weighted by atomic mass is 16.8. The summed E-state index contributed by atoms with van der Waals surface area (Å²) in [5.74, 6) is -6.36. The van der Waals surface area contributed by atoms with Crippen molar-refractivity contribution in [3.63, 3.8) is 0 Å². The average Bonchev–Trinajstić information content (AvgIpc) is 2.86. The van der Waals surface area contributed by atoms with Crippen LogP contribution in [-0.4, -0.2) is 103 Å². The molecule has 1 aromatic rings. The van der Waals surface area contributed by atoms with Gasteiger partial charge in [-0.05, 0) is 18.6 Å². The molecule has 0 radical (unpaired) electrons. The third kappa shape index (κ3) is 5.95. The molecule has 0 saturated carbocycles. The van der Waals surface area contributed by atoms with E-state index in [1.165, 1.54) is 6.08 Å². The summed E-state index contributed by atoms with van der Waals surface area (Å²) in [6.07, 6.45) is -6.96. The molecule has 2 aliphatic heterocycles. The normalized spacial score (nSPS) is 31.6. The Labute approximate surface area is 209 Å². The van der Waals surface area contributed by atoms with E-state index in [2.05, 4.69) is 6.58 Å². The zero-order valence-corrected chi connectivity index (χ0v) is 19.3. The van der Waals surface area contributed by atoms with Gasteiger partial charge in [-0.3, -0.25) is 0 Å². The summed E-state index contributed by atoms with van der Waals surface area (Å²) >= 11 is 0. The Kier molecular flexibility index (Phi) is 8.96. The lowest BCUT2D eigenvalue weighted by Crippen LogP contribution is -2.60. The van der Waals surface area contributed by atoms with E-state index in [4.69, 9.17) is 18.9 Å². The Morgan fingerprint density at radius 2 is 1.68 bits per heavy atom. The number of hydrogen-bond donors (Lipinski definition) is 8. The maximum atomic E-state index is 12.3. The zero-order chi connectivity index (χ0) is 27.4. The number of hydrogen-bond acceptors (Lipinski definition) is 13. The molecule has 14 heteroatoms. The van der Waals surface area contributed by atoms with E-state index < -0.39 is 84.6 Å². The van der Waals surface area contributed by atoms with Gasteiger partial charge in [-0.2, -0.15) is 0 Å². The standard InChI is InChI=1S/C23H28O14/c1-2-10-11(3-4-34-21(33)9-5-13(25)16(27)14(26)6-9)12(20(31)32)8-35-22(10)37-23-19(30)18(29)17(28)15(7-24)36-23/h2,5-6,8,10-11,15,17-19,22-30H,1,3-4,7H2,(H,31,32)/t10-,11-,15+,17-,18-,19-,22-,23+/m1/s1. The molecule has 0 bridgehead atoms. The first-order valence-corrected chi connectivity index (χ1v) is 11.1. The number of ether oxygens (including phenoxy) is 4. The first-order valence-electron chi connectivity index (χ1n) is 11.1. The van der Waals surface area contributed by atoms with E-state index in [9.17, 15) is 50.4 Å². The first kappa shape index (κ1) is 28.2. The summed E-state index contributed by atoms with van der Waals surface area (Å²) in [5.41, 5.74) is -0.465. The van der Waals surface area contributed by atoms with Crippen LogP contribution in [0.1, 0.15) is 16.8 Å². The molecule has 3 rings (SSSR count). The highest BCUT2D eigenvalue weighted by molar-refractivity contribution is 5.91. The second-order valence-electron chi connectivity index (χ2n) is 8.42. The molecule has 0 aliphatic carbocycles. The SMILES string of the molecule is C=C[C@H]1[C@@H](O[C@@H]2O[C@@H](CO)[C@@H](O)[C@@H](O)[C@H]2O)OC=C(C(=O)O)[C@@H]1CCOC(=O)c1cc(O)c(O)c(O)c1. The van der Waals surface area contributed by atoms with Gasteiger partial charge in [-0.15, -0.1) is 6.58 Å². The van der Waals surface area contributed by atoms with E-state index in [1.54, 1.807) is 0 Å². The number of benzene rings is 1. The summed E-state index contributed by atoms with van der Waals surface area (Å²) < 4.78 is 21.4. The van der Waals surface area contributed by atoms with E-state index in [0.717, 1.165) is 18.4 Å². The smallest absolute Gasteiger partial charge is 0.338 e. The topological polar surface area (TPSA) is 233 Å². The van der Waals surface area contributed by atoms with Crippen molar-refractivity contribution in [2.75, 3.05) is 13.2 Å². The van der Waals surface area contributed by atoms with Gasteiger partial charge >= 0.3 is 11.9 Å². The monoisotopic (exact) mass is 528 g/mol. The summed E-state index contributed by atoms with van der Waals surface area (Å²) in [6, 6.07) is 1.76. The molecular formula is C23H28O14. The molecule has 2 aliphatic rings. The molecule has 8 N–H and O–H groups in total. The molecule has 1 aromatic carbocycles. The number of aliphatic carboxylic acids is 1. The van der Waals surface area contributed by atoms with Crippen molar-refractivity contribution < 1.29 is 69.4 Å². The molecule has 37 heavy (non-hydrogen) atoms. The van der Waals surface area contributed by atoms with Crippen molar-refractivity contribution in [1.82, 2.24) is 0 Å². The van der Waals surface area contributed by atoms with Crippen LogP contribution in [0.3, 0.4) is 0 Å². The van der Waals surface area contributed by atoms with E-state index in [-0.39, 0.29) is 24.2 Å². The van der Waals surface area contributed by atoms with Crippen LogP contribution in [-0.2, 0) is 23.7 Å². The Balaban J connectivity index is 1.72. The third-order valence-corrected chi connectivity index (χ3v) is 6.11. The van der Waals surface area contributed by atoms with Gasteiger partial charge in [0.1, 0.15) is 24.4 Å². The van der Waals surface area contributed by atoms with Crippen LogP contribution in [0, 0.1) is 11.8 Å². The van der Waals surface area contributed by atoms with E-state index >= 15 is 0 Å². The van der Waals surface area contributed by atoms with Crippen LogP contribution in [0.15, 0.2) is 36.6 Å². The van der Waals surface area contributed by atoms with Crippen LogP contribution in [0.4, 0.5) is 0 Å². The van der Waals surface area contributed by atoms with Crippen LogP contribution in [0.2, 0.25) is 0 Å². The number of esters is 1. The largest absolute Gasteiger partial charge is 0.504 e. The van der Waals surface area contributed by atoms with E-state index in [0.29, 0.717) is 0 Å². The second-order valence-corrected chi connectivity index (χ2v) is 8.42. The molecular weight excluding hydrogens is 500 g/mol. The second kappa shape index (κ2) is 11.8. The highest BCUT2D eigenvalue weighted by Gasteiger charge is 2.47. The number of carboxylic acids is 1. The van der Waals surface area contributed by atoms with Gasteiger partial charge in [-0.1, -0.05) is 6.08 Å². The molecule has 0 amide bonds. The number of carbonyl (C=O) groups is 2. The van der Waals surface area contributed by atoms with Gasteiger partial charge in [0.05, 0.1) is 30.6 Å². The lowest BCUT2D eigenvalue weighted by atomic mass is 9.82. The Hall–Kier alpha value is -3.40. The van der Waals surface area contributed by atoms with E-state index in [1.807, 2.05) is 0 Å². The molecule has 0 aromatic heterocycles. The van der Waals surface area contributed by atoms with Crippen LogP contribution < -0.4 is 0 Å². The van der Waals surface area contributed by atoms with Crippen LogP contribution in [0.25, 0.3) is 0 Å². The molecule has 1 fully saturated rings. The lowest BCUT2D eigenvalue weighted by Gasteiger charge is -2.43. The fraction of sp³-hybridized carbons (Fsp3) is 0.478. The van der Waals surface area contributed by atoms with Gasteiger partial charge in [0.2, 0.25) is 6.29 Å². The summed E-state index contributed by atoms with van der Waals surface area (Å²) in [7, 11) is 0. The molecule has 2 heterocycles. The molecule has 204 valence electrons. The maximum Gasteiger partial charge on any atom is 0.338 e. The number of aromatic hydroxyl groups is 3. The number of aliphatic hydroxyl groups is 4. The minimum absolute atomic E-state index is 0.0749. The van der Waals surface area contributed by atoms with Crippen LogP contribution >= 0.6 is 0 Å². The zero-order valence-electron chi connectivity index (χ0n) is 19.3. The van der Waals surface area contributed by atoms with Gasteiger partial charge in [0.25, 0.3) is 0 Å².